The van der Waals surface area contributed by atoms with Crippen molar-refractivity contribution in [2.75, 3.05) is 0 Å². The largest absolute Gasteiger partial charge is 0.271 e. The maximum atomic E-state index is 5.75. The summed E-state index contributed by atoms with van der Waals surface area (Å²) in [5, 5.41) is 3.26. The number of fused-ring (bicyclic) bond motifs is 1. The van der Waals surface area contributed by atoms with Crippen LogP contribution in [0.15, 0.2) is 11.4 Å². The standard InChI is InChI=1S/C14H19N3S2/c1-9-8-18-14(16-9)7-11(17-15)13-6-10-4-2-3-5-12(10)19-13/h6,8,11,17H,2-5,7,15H2,1H3. The number of thiazole rings is 1. The number of nitrogens with zero attached hydrogens (tertiary/aromatic N) is 1. The van der Waals surface area contributed by atoms with Gasteiger partial charge in [0.1, 0.15) is 0 Å². The van der Waals surface area contributed by atoms with Crippen molar-refractivity contribution in [3.8, 4) is 0 Å². The summed E-state index contributed by atoms with van der Waals surface area (Å²) in [6, 6.07) is 2.55. The topological polar surface area (TPSA) is 50.9 Å². The van der Waals surface area contributed by atoms with Crippen LogP contribution in [0.1, 0.15) is 44.9 Å². The number of nitrogens with two attached hydrogens (primary N) is 1. The van der Waals surface area contributed by atoms with E-state index in [0.29, 0.717) is 0 Å². The number of rotatable bonds is 4. The molecule has 0 radical (unpaired) electrons. The Morgan fingerprint density at radius 1 is 1.42 bits per heavy atom. The number of hydrazine groups is 1. The lowest BCUT2D eigenvalue weighted by Gasteiger charge is -2.12. The highest BCUT2D eigenvalue weighted by molar-refractivity contribution is 7.12. The second-order valence-electron chi connectivity index (χ2n) is 5.11. The van der Waals surface area contributed by atoms with Gasteiger partial charge in [-0.05, 0) is 44.2 Å². The lowest BCUT2D eigenvalue weighted by molar-refractivity contribution is 0.558. The van der Waals surface area contributed by atoms with E-state index in [-0.39, 0.29) is 6.04 Å². The van der Waals surface area contributed by atoms with Crippen LogP contribution in [-0.2, 0) is 19.3 Å². The summed E-state index contributed by atoms with van der Waals surface area (Å²) in [7, 11) is 0. The van der Waals surface area contributed by atoms with Crippen LogP contribution < -0.4 is 11.3 Å². The molecule has 2 aromatic heterocycles. The Hall–Kier alpha value is -0.750. The Morgan fingerprint density at radius 2 is 2.26 bits per heavy atom. The molecule has 1 atom stereocenters. The van der Waals surface area contributed by atoms with Crippen molar-refractivity contribution < 1.29 is 0 Å². The number of thiophene rings is 1. The average Bonchev–Trinajstić information content (AvgIpc) is 3.01. The number of hydrogen-bond acceptors (Lipinski definition) is 5. The van der Waals surface area contributed by atoms with Crippen molar-refractivity contribution in [1.82, 2.24) is 10.4 Å². The molecule has 0 bridgehead atoms. The molecule has 0 spiro atoms. The van der Waals surface area contributed by atoms with Crippen LogP contribution in [0, 0.1) is 6.92 Å². The molecule has 0 aliphatic heterocycles. The molecule has 3 N–H and O–H groups in total. The summed E-state index contributed by atoms with van der Waals surface area (Å²) in [6.07, 6.45) is 6.02. The normalized spacial score (nSPS) is 16.3. The molecule has 19 heavy (non-hydrogen) atoms. The van der Waals surface area contributed by atoms with Crippen molar-refractivity contribution in [2.24, 2.45) is 5.84 Å². The molecule has 5 heteroatoms. The van der Waals surface area contributed by atoms with Gasteiger partial charge in [-0.3, -0.25) is 11.3 Å². The molecule has 0 saturated carbocycles. The van der Waals surface area contributed by atoms with Gasteiger partial charge in [-0.2, -0.15) is 0 Å². The first kappa shape index (κ1) is 13.2. The molecule has 1 unspecified atom stereocenters. The van der Waals surface area contributed by atoms with Crippen LogP contribution in [0.5, 0.6) is 0 Å². The second kappa shape index (κ2) is 5.71. The fraction of sp³-hybridized carbons (Fsp3) is 0.500. The molecule has 3 nitrogen and oxygen atoms in total. The van der Waals surface area contributed by atoms with Gasteiger partial charge < -0.3 is 0 Å². The lowest BCUT2D eigenvalue weighted by Crippen LogP contribution is -2.28. The van der Waals surface area contributed by atoms with E-state index < -0.39 is 0 Å². The van der Waals surface area contributed by atoms with Gasteiger partial charge in [0, 0.05) is 27.2 Å². The molecule has 0 fully saturated rings. The number of aryl methyl sites for hydroxylation is 3. The Kier molecular flexibility index (Phi) is 3.98. The molecule has 0 aromatic carbocycles. The molecule has 0 saturated heterocycles. The van der Waals surface area contributed by atoms with Gasteiger partial charge >= 0.3 is 0 Å². The molecule has 3 rings (SSSR count). The summed E-state index contributed by atoms with van der Waals surface area (Å²) < 4.78 is 0. The quantitative estimate of drug-likeness (QED) is 0.672. The fourth-order valence-electron chi connectivity index (χ4n) is 2.60. The highest BCUT2D eigenvalue weighted by atomic mass is 32.1. The molecular weight excluding hydrogens is 274 g/mol. The van der Waals surface area contributed by atoms with Crippen LogP contribution in [0.2, 0.25) is 0 Å². The Labute approximate surface area is 121 Å². The van der Waals surface area contributed by atoms with Gasteiger partial charge in [0.05, 0.1) is 11.0 Å². The van der Waals surface area contributed by atoms with Crippen molar-refractivity contribution in [3.05, 3.63) is 37.5 Å². The van der Waals surface area contributed by atoms with E-state index in [1.54, 1.807) is 21.8 Å². The van der Waals surface area contributed by atoms with E-state index in [2.05, 4.69) is 21.9 Å². The fourth-order valence-corrected chi connectivity index (χ4v) is 4.73. The summed E-state index contributed by atoms with van der Waals surface area (Å²) in [5.74, 6) is 5.75. The van der Waals surface area contributed by atoms with Crippen molar-refractivity contribution in [3.63, 3.8) is 0 Å². The molecule has 102 valence electrons. The minimum Gasteiger partial charge on any atom is -0.271 e. The van der Waals surface area contributed by atoms with E-state index in [0.717, 1.165) is 17.1 Å². The van der Waals surface area contributed by atoms with E-state index in [4.69, 9.17) is 5.84 Å². The van der Waals surface area contributed by atoms with Crippen LogP contribution in [-0.4, -0.2) is 4.98 Å². The van der Waals surface area contributed by atoms with Crippen LogP contribution in [0.25, 0.3) is 0 Å². The predicted octanol–water partition coefficient (Wildman–Crippen LogP) is 3.14. The lowest BCUT2D eigenvalue weighted by atomic mass is 9.98. The summed E-state index contributed by atoms with van der Waals surface area (Å²) in [6.45, 7) is 2.04. The summed E-state index contributed by atoms with van der Waals surface area (Å²) >= 11 is 3.65. The third-order valence-electron chi connectivity index (χ3n) is 3.61. The third-order valence-corrected chi connectivity index (χ3v) is 5.95. The smallest absolute Gasteiger partial charge is 0.0947 e. The van der Waals surface area contributed by atoms with E-state index >= 15 is 0 Å². The molecule has 1 aliphatic carbocycles. The SMILES string of the molecule is Cc1csc(CC(NN)c2cc3c(s2)CCCC3)n1. The van der Waals surface area contributed by atoms with Crippen molar-refractivity contribution in [1.29, 1.82) is 0 Å². The summed E-state index contributed by atoms with van der Waals surface area (Å²) in [4.78, 5) is 7.46. The highest BCUT2D eigenvalue weighted by Gasteiger charge is 2.19. The Balaban J connectivity index is 1.79. The highest BCUT2D eigenvalue weighted by Crippen LogP contribution is 2.34. The first-order chi connectivity index (χ1) is 9.26. The molecular formula is C14H19N3S2. The van der Waals surface area contributed by atoms with Gasteiger partial charge in [-0.1, -0.05) is 0 Å². The first-order valence-electron chi connectivity index (χ1n) is 6.75. The molecule has 2 heterocycles. The van der Waals surface area contributed by atoms with E-state index in [1.165, 1.54) is 30.6 Å². The zero-order chi connectivity index (χ0) is 13.2. The molecule has 0 amide bonds. The van der Waals surface area contributed by atoms with Crippen molar-refractivity contribution in [2.45, 2.75) is 45.1 Å². The van der Waals surface area contributed by atoms with Gasteiger partial charge in [-0.25, -0.2) is 4.98 Å². The first-order valence-corrected chi connectivity index (χ1v) is 8.44. The third kappa shape index (κ3) is 2.89. The Bertz CT molecular complexity index is 535. The summed E-state index contributed by atoms with van der Waals surface area (Å²) in [5.41, 5.74) is 5.60. The van der Waals surface area contributed by atoms with Gasteiger partial charge in [-0.15, -0.1) is 22.7 Å². The maximum Gasteiger partial charge on any atom is 0.0947 e. The predicted molar refractivity (Wildman–Crippen MR) is 81.6 cm³/mol. The van der Waals surface area contributed by atoms with Crippen molar-refractivity contribution >= 4 is 22.7 Å². The van der Waals surface area contributed by atoms with E-state index in [9.17, 15) is 0 Å². The number of hydrogen-bond donors (Lipinski definition) is 2. The minimum atomic E-state index is 0.196. The average molecular weight is 293 g/mol. The molecule has 2 aromatic rings. The monoisotopic (exact) mass is 293 g/mol. The molecule has 1 aliphatic rings. The van der Waals surface area contributed by atoms with E-state index in [1.807, 2.05) is 18.3 Å². The zero-order valence-electron chi connectivity index (χ0n) is 11.1. The second-order valence-corrected chi connectivity index (χ2v) is 7.22. The minimum absolute atomic E-state index is 0.196. The maximum absolute atomic E-state index is 5.75. The van der Waals surface area contributed by atoms with Crippen LogP contribution in [0.3, 0.4) is 0 Å². The van der Waals surface area contributed by atoms with Gasteiger partial charge in [0.2, 0.25) is 0 Å². The zero-order valence-corrected chi connectivity index (χ0v) is 12.7. The Morgan fingerprint density at radius 3 is 2.95 bits per heavy atom. The number of aromatic nitrogens is 1. The number of nitrogens with one attached hydrogen (secondary N) is 1. The van der Waals surface area contributed by atoms with Crippen LogP contribution >= 0.6 is 22.7 Å². The van der Waals surface area contributed by atoms with Gasteiger partial charge in [0.25, 0.3) is 0 Å². The van der Waals surface area contributed by atoms with Gasteiger partial charge in [0.15, 0.2) is 0 Å². The van der Waals surface area contributed by atoms with Crippen LogP contribution in [0.4, 0.5) is 0 Å².